The second kappa shape index (κ2) is 6.91. The molecule has 0 aliphatic heterocycles. The second-order valence-electron chi connectivity index (χ2n) is 4.98. The molecule has 0 saturated carbocycles. The Balaban J connectivity index is 1.67. The zero-order valence-corrected chi connectivity index (χ0v) is 12.8. The molecule has 0 spiro atoms. The van der Waals surface area contributed by atoms with E-state index in [9.17, 15) is 9.18 Å². The van der Waals surface area contributed by atoms with Crippen LogP contribution in [0.3, 0.4) is 0 Å². The van der Waals surface area contributed by atoms with Gasteiger partial charge < -0.3 is 14.5 Å². The molecule has 0 bridgehead atoms. The molecule has 122 valence electrons. The number of benzene rings is 2. The van der Waals surface area contributed by atoms with E-state index in [4.69, 9.17) is 9.15 Å². The van der Waals surface area contributed by atoms with Gasteiger partial charge in [0.2, 0.25) is 11.8 Å². The number of carbonyl (C=O) groups is 1. The Morgan fingerprint density at radius 2 is 1.92 bits per heavy atom. The van der Waals surface area contributed by atoms with Gasteiger partial charge in [-0.05, 0) is 36.4 Å². The van der Waals surface area contributed by atoms with Gasteiger partial charge in [0.1, 0.15) is 0 Å². The first-order valence-corrected chi connectivity index (χ1v) is 7.19. The van der Waals surface area contributed by atoms with Crippen LogP contribution in [0.2, 0.25) is 0 Å². The van der Waals surface area contributed by atoms with Crippen molar-refractivity contribution < 1.29 is 18.3 Å². The number of hydrogen-bond donors (Lipinski definition) is 1. The molecule has 3 aromatic rings. The maximum atomic E-state index is 13.5. The van der Waals surface area contributed by atoms with Crippen LogP contribution in [0.25, 0.3) is 11.5 Å². The van der Waals surface area contributed by atoms with E-state index in [1.54, 1.807) is 36.4 Å². The van der Waals surface area contributed by atoms with Crippen LogP contribution in [0.4, 0.5) is 10.1 Å². The summed E-state index contributed by atoms with van der Waals surface area (Å²) < 4.78 is 24.3. The molecule has 1 N–H and O–H groups in total. The van der Waals surface area contributed by atoms with Gasteiger partial charge in [0, 0.05) is 18.2 Å². The smallest absolute Gasteiger partial charge is 0.254 e. The minimum absolute atomic E-state index is 0.0299. The number of para-hydroxylation sites is 1. The van der Waals surface area contributed by atoms with E-state index in [1.165, 1.54) is 19.1 Å². The molecule has 24 heavy (non-hydrogen) atoms. The Hall–Kier alpha value is -3.22. The summed E-state index contributed by atoms with van der Waals surface area (Å²) in [5, 5.41) is 10.5. The molecule has 6 nitrogen and oxygen atoms in total. The van der Waals surface area contributed by atoms with E-state index >= 15 is 0 Å². The number of amides is 1. The molecule has 0 atom stereocenters. The van der Waals surface area contributed by atoms with Crippen LogP contribution >= 0.6 is 0 Å². The van der Waals surface area contributed by atoms with Crippen LogP contribution < -0.4 is 10.1 Å². The van der Waals surface area contributed by atoms with Crippen molar-refractivity contribution >= 4 is 11.6 Å². The molecule has 0 aliphatic rings. The van der Waals surface area contributed by atoms with Crippen LogP contribution in [0.5, 0.6) is 5.75 Å². The lowest BCUT2D eigenvalue weighted by Crippen LogP contribution is -2.05. The van der Waals surface area contributed by atoms with Crippen molar-refractivity contribution in [2.45, 2.75) is 13.5 Å². The average Bonchev–Trinajstić information content (AvgIpc) is 3.03. The zero-order valence-electron chi connectivity index (χ0n) is 12.8. The molecular weight excluding hydrogens is 313 g/mol. The SMILES string of the molecule is CC(=O)Nc1ccc(-c2nnc(COc3ccccc3F)o2)cc1. The maximum Gasteiger partial charge on any atom is 0.254 e. The summed E-state index contributed by atoms with van der Waals surface area (Å²) in [6, 6.07) is 13.1. The average molecular weight is 327 g/mol. The Labute approximate surface area is 137 Å². The quantitative estimate of drug-likeness (QED) is 0.777. The van der Waals surface area contributed by atoms with Gasteiger partial charge in [0.05, 0.1) is 0 Å². The van der Waals surface area contributed by atoms with E-state index in [-0.39, 0.29) is 24.2 Å². The molecule has 2 aromatic carbocycles. The fourth-order valence-corrected chi connectivity index (χ4v) is 2.03. The first-order chi connectivity index (χ1) is 11.6. The number of carbonyl (C=O) groups excluding carboxylic acids is 1. The number of nitrogens with one attached hydrogen (secondary N) is 1. The summed E-state index contributed by atoms with van der Waals surface area (Å²) >= 11 is 0. The molecule has 0 saturated heterocycles. The van der Waals surface area contributed by atoms with Crippen molar-refractivity contribution in [1.82, 2.24) is 10.2 Å². The van der Waals surface area contributed by atoms with Crippen molar-refractivity contribution in [3.05, 3.63) is 60.2 Å². The highest BCUT2D eigenvalue weighted by Crippen LogP contribution is 2.21. The summed E-state index contributed by atoms with van der Waals surface area (Å²) in [7, 11) is 0. The van der Waals surface area contributed by atoms with Gasteiger partial charge in [-0.3, -0.25) is 4.79 Å². The minimum Gasteiger partial charge on any atom is -0.481 e. The van der Waals surface area contributed by atoms with E-state index in [0.29, 0.717) is 17.1 Å². The fraction of sp³-hybridized carbons (Fsp3) is 0.118. The minimum atomic E-state index is -0.453. The number of halogens is 1. The van der Waals surface area contributed by atoms with E-state index in [2.05, 4.69) is 15.5 Å². The number of hydrogen-bond acceptors (Lipinski definition) is 5. The number of anilines is 1. The highest BCUT2D eigenvalue weighted by Gasteiger charge is 2.10. The van der Waals surface area contributed by atoms with Gasteiger partial charge in [0.25, 0.3) is 5.89 Å². The molecule has 0 fully saturated rings. The first kappa shape index (κ1) is 15.7. The highest BCUT2D eigenvalue weighted by molar-refractivity contribution is 5.88. The van der Waals surface area contributed by atoms with Gasteiger partial charge in [-0.2, -0.15) is 0 Å². The normalized spacial score (nSPS) is 10.4. The maximum absolute atomic E-state index is 13.5. The largest absolute Gasteiger partial charge is 0.481 e. The number of rotatable bonds is 5. The molecule has 7 heteroatoms. The van der Waals surface area contributed by atoms with Crippen LogP contribution in [0.15, 0.2) is 52.9 Å². The van der Waals surface area contributed by atoms with Gasteiger partial charge in [-0.1, -0.05) is 12.1 Å². The van der Waals surface area contributed by atoms with Gasteiger partial charge in [-0.15, -0.1) is 10.2 Å². The lowest BCUT2D eigenvalue weighted by atomic mass is 10.2. The lowest BCUT2D eigenvalue weighted by molar-refractivity contribution is -0.114. The van der Waals surface area contributed by atoms with Gasteiger partial charge in [0.15, 0.2) is 18.2 Å². The number of nitrogens with zero attached hydrogens (tertiary/aromatic N) is 2. The number of aromatic nitrogens is 2. The summed E-state index contributed by atoms with van der Waals surface area (Å²) in [5.74, 6) is 0.0755. The Bertz CT molecular complexity index is 846. The zero-order chi connectivity index (χ0) is 16.9. The monoisotopic (exact) mass is 327 g/mol. The van der Waals surface area contributed by atoms with Crippen LogP contribution in [-0.4, -0.2) is 16.1 Å². The molecule has 0 radical (unpaired) electrons. The highest BCUT2D eigenvalue weighted by atomic mass is 19.1. The van der Waals surface area contributed by atoms with Crippen molar-refractivity contribution in [2.75, 3.05) is 5.32 Å². The second-order valence-corrected chi connectivity index (χ2v) is 4.98. The lowest BCUT2D eigenvalue weighted by Gasteiger charge is -2.03. The molecule has 3 rings (SSSR count). The molecular formula is C17H14FN3O3. The predicted octanol–water partition coefficient (Wildman–Crippen LogP) is 3.41. The van der Waals surface area contributed by atoms with E-state index in [1.807, 2.05) is 0 Å². The van der Waals surface area contributed by atoms with Crippen molar-refractivity contribution in [3.63, 3.8) is 0 Å². The van der Waals surface area contributed by atoms with Crippen molar-refractivity contribution in [1.29, 1.82) is 0 Å². The van der Waals surface area contributed by atoms with E-state index in [0.717, 1.165) is 0 Å². The van der Waals surface area contributed by atoms with E-state index < -0.39 is 5.82 Å². The van der Waals surface area contributed by atoms with Crippen LogP contribution in [0, 0.1) is 5.82 Å². The summed E-state index contributed by atoms with van der Waals surface area (Å²) in [5.41, 5.74) is 1.38. The summed E-state index contributed by atoms with van der Waals surface area (Å²) in [4.78, 5) is 11.0. The molecule has 0 aliphatic carbocycles. The number of ether oxygens (including phenoxy) is 1. The van der Waals surface area contributed by atoms with Crippen LogP contribution in [0.1, 0.15) is 12.8 Å². The summed E-state index contributed by atoms with van der Waals surface area (Å²) in [6.45, 7) is 1.41. The Morgan fingerprint density at radius 1 is 1.17 bits per heavy atom. The van der Waals surface area contributed by atoms with Crippen molar-refractivity contribution in [2.24, 2.45) is 0 Å². The topological polar surface area (TPSA) is 77.2 Å². The van der Waals surface area contributed by atoms with Gasteiger partial charge >= 0.3 is 0 Å². The summed E-state index contributed by atoms with van der Waals surface area (Å²) in [6.07, 6.45) is 0. The Kier molecular flexibility index (Phi) is 4.51. The predicted molar refractivity (Wildman–Crippen MR) is 84.8 cm³/mol. The Morgan fingerprint density at radius 3 is 2.62 bits per heavy atom. The third-order valence-corrected chi connectivity index (χ3v) is 3.11. The molecule has 1 aromatic heterocycles. The molecule has 1 heterocycles. The first-order valence-electron chi connectivity index (χ1n) is 7.19. The fourth-order valence-electron chi connectivity index (χ4n) is 2.03. The third-order valence-electron chi connectivity index (χ3n) is 3.11. The molecule has 1 amide bonds. The van der Waals surface area contributed by atoms with Gasteiger partial charge in [-0.25, -0.2) is 4.39 Å². The van der Waals surface area contributed by atoms with Crippen LogP contribution in [-0.2, 0) is 11.4 Å². The molecule has 0 unspecified atom stereocenters. The van der Waals surface area contributed by atoms with Crippen molar-refractivity contribution in [3.8, 4) is 17.2 Å². The standard InChI is InChI=1S/C17H14FN3O3/c1-11(22)19-13-8-6-12(7-9-13)17-21-20-16(24-17)10-23-15-5-3-2-4-14(15)18/h2-9H,10H2,1H3,(H,19,22). The third kappa shape index (κ3) is 3.75.